The summed E-state index contributed by atoms with van der Waals surface area (Å²) >= 11 is 0. The van der Waals surface area contributed by atoms with Crippen molar-refractivity contribution in [3.8, 4) is 28.6 Å². The minimum absolute atomic E-state index is 0.305. The number of benzene rings is 2. The molecule has 0 amide bonds. The van der Waals surface area contributed by atoms with Crippen LogP contribution in [0.2, 0.25) is 0 Å². The average Bonchev–Trinajstić information content (AvgIpc) is 3.31. The lowest BCUT2D eigenvalue weighted by Gasteiger charge is -2.09. The van der Waals surface area contributed by atoms with Crippen molar-refractivity contribution >= 4 is 0 Å². The van der Waals surface area contributed by atoms with Gasteiger partial charge in [-0.15, -0.1) is 5.10 Å². The summed E-state index contributed by atoms with van der Waals surface area (Å²) in [6, 6.07) is 24.8. The first kappa shape index (κ1) is 14.9. The van der Waals surface area contributed by atoms with Gasteiger partial charge in [0.25, 0.3) is 0 Å². The van der Waals surface area contributed by atoms with Crippen molar-refractivity contribution in [1.29, 1.82) is 5.26 Å². The van der Waals surface area contributed by atoms with Gasteiger partial charge in [0.15, 0.2) is 5.69 Å². The van der Waals surface area contributed by atoms with Crippen molar-refractivity contribution in [3.05, 3.63) is 84.2 Å². The van der Waals surface area contributed by atoms with E-state index in [0.29, 0.717) is 17.9 Å². The van der Waals surface area contributed by atoms with Gasteiger partial charge in [0.2, 0.25) is 0 Å². The van der Waals surface area contributed by atoms with Crippen LogP contribution in [0.25, 0.3) is 22.5 Å². The summed E-state index contributed by atoms with van der Waals surface area (Å²) in [5.74, 6) is 0. The third-order valence-electron chi connectivity index (χ3n) is 4.14. The molecule has 5 heteroatoms. The molecule has 0 aliphatic rings. The summed E-state index contributed by atoms with van der Waals surface area (Å²) < 4.78 is 2.07. The van der Waals surface area contributed by atoms with Crippen LogP contribution in [0.1, 0.15) is 11.3 Å². The van der Waals surface area contributed by atoms with Gasteiger partial charge in [-0.2, -0.15) is 15.6 Å². The Balaban J connectivity index is 1.60. The van der Waals surface area contributed by atoms with E-state index >= 15 is 0 Å². The molecule has 5 nitrogen and oxygen atoms in total. The highest BCUT2D eigenvalue weighted by atomic mass is 15.3. The molecule has 0 radical (unpaired) electrons. The summed E-state index contributed by atoms with van der Waals surface area (Å²) in [7, 11) is 0. The number of H-pyrrole nitrogens is 1. The van der Waals surface area contributed by atoms with E-state index < -0.39 is 0 Å². The SMILES string of the molecule is N#Cc1n[nH]nc1-c1cccn1Cc1ccc(-c2ccccc2)cc1. The van der Waals surface area contributed by atoms with E-state index in [1.807, 2.05) is 36.5 Å². The molecule has 0 saturated heterocycles. The number of nitrogens with one attached hydrogen (secondary N) is 1. The molecule has 0 aliphatic heterocycles. The number of nitrogens with zero attached hydrogens (tertiary/aromatic N) is 4. The fourth-order valence-corrected chi connectivity index (χ4v) is 2.88. The smallest absolute Gasteiger partial charge is 0.191 e. The maximum atomic E-state index is 9.14. The van der Waals surface area contributed by atoms with Crippen LogP contribution in [0.3, 0.4) is 0 Å². The largest absolute Gasteiger partial charge is 0.342 e. The number of nitriles is 1. The molecule has 2 aromatic heterocycles. The molecular formula is C20H15N5. The minimum Gasteiger partial charge on any atom is -0.342 e. The van der Waals surface area contributed by atoms with Crippen molar-refractivity contribution in [2.24, 2.45) is 0 Å². The first-order valence-electron chi connectivity index (χ1n) is 7.96. The van der Waals surface area contributed by atoms with Crippen molar-refractivity contribution < 1.29 is 0 Å². The van der Waals surface area contributed by atoms with Gasteiger partial charge >= 0.3 is 0 Å². The van der Waals surface area contributed by atoms with E-state index in [4.69, 9.17) is 5.26 Å². The summed E-state index contributed by atoms with van der Waals surface area (Å²) in [6.07, 6.45) is 1.98. The van der Waals surface area contributed by atoms with E-state index in [1.165, 1.54) is 16.7 Å². The second-order valence-electron chi connectivity index (χ2n) is 5.72. The maximum absolute atomic E-state index is 9.14. The molecule has 0 atom stereocenters. The molecule has 0 fully saturated rings. The summed E-state index contributed by atoms with van der Waals surface area (Å²) in [4.78, 5) is 0. The number of rotatable bonds is 4. The number of aromatic nitrogens is 4. The Hall–Kier alpha value is -3.65. The van der Waals surface area contributed by atoms with Crippen LogP contribution in [-0.4, -0.2) is 20.0 Å². The molecule has 25 heavy (non-hydrogen) atoms. The highest BCUT2D eigenvalue weighted by Crippen LogP contribution is 2.23. The third kappa shape index (κ3) is 2.93. The Morgan fingerprint density at radius 3 is 2.40 bits per heavy atom. The lowest BCUT2D eigenvalue weighted by Crippen LogP contribution is -2.01. The quantitative estimate of drug-likeness (QED) is 0.619. The number of hydrogen-bond donors (Lipinski definition) is 1. The zero-order valence-electron chi connectivity index (χ0n) is 13.4. The third-order valence-corrected chi connectivity index (χ3v) is 4.14. The molecular weight excluding hydrogens is 310 g/mol. The first-order chi connectivity index (χ1) is 12.3. The van der Waals surface area contributed by atoms with Crippen molar-refractivity contribution in [1.82, 2.24) is 20.0 Å². The van der Waals surface area contributed by atoms with E-state index in [9.17, 15) is 0 Å². The van der Waals surface area contributed by atoms with Crippen LogP contribution in [0, 0.1) is 11.3 Å². The standard InChI is InChI=1S/C20H15N5/c21-13-18-20(23-24-22-18)19-7-4-12-25(19)14-15-8-10-17(11-9-15)16-5-2-1-3-6-16/h1-12H,14H2,(H,22,23,24). The fourth-order valence-electron chi connectivity index (χ4n) is 2.88. The molecule has 0 unspecified atom stereocenters. The average molecular weight is 325 g/mol. The van der Waals surface area contributed by atoms with Gasteiger partial charge in [0.05, 0.1) is 5.69 Å². The van der Waals surface area contributed by atoms with Gasteiger partial charge in [-0.1, -0.05) is 54.6 Å². The molecule has 120 valence electrons. The van der Waals surface area contributed by atoms with Crippen LogP contribution >= 0.6 is 0 Å². The van der Waals surface area contributed by atoms with Crippen molar-refractivity contribution in [3.63, 3.8) is 0 Å². The molecule has 0 saturated carbocycles. The minimum atomic E-state index is 0.305. The van der Waals surface area contributed by atoms with E-state index in [0.717, 1.165) is 5.69 Å². The van der Waals surface area contributed by atoms with Gasteiger partial charge in [-0.05, 0) is 28.8 Å². The zero-order chi connectivity index (χ0) is 17.1. The Kier molecular flexibility index (Phi) is 3.85. The van der Waals surface area contributed by atoms with E-state index in [-0.39, 0.29) is 0 Å². The van der Waals surface area contributed by atoms with Gasteiger partial charge < -0.3 is 4.57 Å². The highest BCUT2D eigenvalue weighted by molar-refractivity contribution is 5.64. The lowest BCUT2D eigenvalue weighted by molar-refractivity contribution is 0.810. The van der Waals surface area contributed by atoms with E-state index in [1.54, 1.807) is 0 Å². The molecule has 4 rings (SSSR count). The van der Waals surface area contributed by atoms with Crippen LogP contribution in [0.5, 0.6) is 0 Å². The number of aromatic amines is 1. The second kappa shape index (κ2) is 6.46. The Labute approximate surface area is 145 Å². The molecule has 0 spiro atoms. The van der Waals surface area contributed by atoms with Gasteiger partial charge in [0.1, 0.15) is 11.8 Å². The Bertz CT molecular complexity index is 1020. The topological polar surface area (TPSA) is 70.3 Å². The van der Waals surface area contributed by atoms with Gasteiger partial charge in [-0.25, -0.2) is 0 Å². The van der Waals surface area contributed by atoms with Crippen LogP contribution in [0.15, 0.2) is 72.9 Å². The fraction of sp³-hybridized carbons (Fsp3) is 0.0500. The predicted molar refractivity (Wildman–Crippen MR) is 95.5 cm³/mol. The predicted octanol–water partition coefficient (Wildman–Crippen LogP) is 3.86. The molecule has 1 N–H and O–H groups in total. The van der Waals surface area contributed by atoms with Crippen LogP contribution in [-0.2, 0) is 6.54 Å². The van der Waals surface area contributed by atoms with Crippen LogP contribution < -0.4 is 0 Å². The zero-order valence-corrected chi connectivity index (χ0v) is 13.4. The molecule has 4 aromatic rings. The Morgan fingerprint density at radius 1 is 0.880 bits per heavy atom. The molecule has 2 heterocycles. The Morgan fingerprint density at radius 2 is 1.64 bits per heavy atom. The molecule has 2 aromatic carbocycles. The lowest BCUT2D eigenvalue weighted by atomic mass is 10.0. The summed E-state index contributed by atoms with van der Waals surface area (Å²) in [5.41, 5.74) is 5.33. The van der Waals surface area contributed by atoms with E-state index in [2.05, 4.69) is 62.4 Å². The normalized spacial score (nSPS) is 10.5. The maximum Gasteiger partial charge on any atom is 0.191 e. The van der Waals surface area contributed by atoms with Gasteiger partial charge in [0, 0.05) is 12.7 Å². The summed E-state index contributed by atoms with van der Waals surface area (Å²) in [5, 5.41) is 19.6. The molecule has 0 aliphatic carbocycles. The molecule has 0 bridgehead atoms. The van der Waals surface area contributed by atoms with Crippen molar-refractivity contribution in [2.45, 2.75) is 6.54 Å². The monoisotopic (exact) mass is 325 g/mol. The van der Waals surface area contributed by atoms with Crippen LogP contribution in [0.4, 0.5) is 0 Å². The first-order valence-corrected chi connectivity index (χ1v) is 7.96. The van der Waals surface area contributed by atoms with Crippen molar-refractivity contribution in [2.75, 3.05) is 0 Å². The summed E-state index contributed by atoms with van der Waals surface area (Å²) in [6.45, 7) is 0.704. The number of hydrogen-bond acceptors (Lipinski definition) is 3. The van der Waals surface area contributed by atoms with Gasteiger partial charge in [-0.3, -0.25) is 0 Å². The second-order valence-corrected chi connectivity index (χ2v) is 5.72. The highest BCUT2D eigenvalue weighted by Gasteiger charge is 2.13.